The van der Waals surface area contributed by atoms with Gasteiger partial charge in [0.2, 0.25) is 0 Å². The van der Waals surface area contributed by atoms with Gasteiger partial charge in [-0.25, -0.2) is 14.4 Å². The summed E-state index contributed by atoms with van der Waals surface area (Å²) in [5, 5.41) is 4.32. The average Bonchev–Trinajstić information content (AvgIpc) is 3.04. The van der Waals surface area contributed by atoms with Gasteiger partial charge in [0.25, 0.3) is 0 Å². The molecule has 1 saturated heterocycles. The molecule has 1 atom stereocenters. The highest BCUT2D eigenvalue weighted by Crippen LogP contribution is 2.24. The Bertz CT molecular complexity index is 869. The number of fused-ring (bicyclic) bond motifs is 1. The Morgan fingerprint density at radius 2 is 2.16 bits per heavy atom. The van der Waals surface area contributed by atoms with E-state index in [0.29, 0.717) is 12.5 Å². The Morgan fingerprint density at radius 3 is 3.00 bits per heavy atom. The minimum Gasteiger partial charge on any atom is -0.357 e. The molecule has 1 unspecified atom stereocenters. The van der Waals surface area contributed by atoms with Crippen LogP contribution in [0.1, 0.15) is 30.1 Å². The Kier molecular flexibility index (Phi) is 4.36. The van der Waals surface area contributed by atoms with Crippen molar-refractivity contribution in [3.63, 3.8) is 0 Å². The molecule has 0 aliphatic carbocycles. The van der Waals surface area contributed by atoms with Crippen LogP contribution in [0.15, 0.2) is 36.7 Å². The number of anilines is 1. The van der Waals surface area contributed by atoms with E-state index in [2.05, 4.69) is 31.2 Å². The molecule has 4 rings (SSSR count). The number of H-pyrrole nitrogens is 1. The van der Waals surface area contributed by atoms with Crippen LogP contribution in [0.5, 0.6) is 0 Å². The summed E-state index contributed by atoms with van der Waals surface area (Å²) in [6, 6.07) is 8.87. The van der Waals surface area contributed by atoms with E-state index in [1.165, 1.54) is 18.9 Å². The molecule has 1 aromatic carbocycles. The highest BCUT2D eigenvalue weighted by molar-refractivity contribution is 5.80. The smallest absolute Gasteiger partial charge is 0.132 e. The van der Waals surface area contributed by atoms with Gasteiger partial charge in [0.05, 0.1) is 12.2 Å². The van der Waals surface area contributed by atoms with Gasteiger partial charge in [0, 0.05) is 42.2 Å². The molecule has 2 aromatic heterocycles. The van der Waals surface area contributed by atoms with Crippen molar-refractivity contribution in [3.8, 4) is 0 Å². The first-order valence-corrected chi connectivity index (χ1v) is 8.70. The van der Waals surface area contributed by atoms with Crippen molar-refractivity contribution in [2.75, 3.05) is 25.0 Å². The zero-order chi connectivity index (χ0) is 17.2. The molecular weight excluding hydrogens is 317 g/mol. The maximum atomic E-state index is 13.3. The molecule has 1 aliphatic rings. The number of hydrogen-bond acceptors (Lipinski definition) is 4. The molecule has 6 heteroatoms. The molecule has 2 N–H and O–H groups in total. The third kappa shape index (κ3) is 3.49. The van der Waals surface area contributed by atoms with Crippen molar-refractivity contribution >= 4 is 16.7 Å². The molecule has 5 nitrogen and oxygen atoms in total. The summed E-state index contributed by atoms with van der Waals surface area (Å²) in [4.78, 5) is 14.3. The SMILES string of the molecule is CN(Cc1cc2cc(F)ccc2[nH]1)c1cc(C2CCCNC2)ncn1. The van der Waals surface area contributed by atoms with Crippen LogP contribution in [0.2, 0.25) is 0 Å². The number of nitrogens with one attached hydrogen (secondary N) is 2. The average molecular weight is 339 g/mol. The standard InChI is InChI=1S/C19H22FN5/c1-25(11-16-8-14-7-15(20)4-5-17(14)24-16)19-9-18(22-12-23-19)13-3-2-6-21-10-13/h4-5,7-9,12-13,21,24H,2-3,6,10-11H2,1H3. The van der Waals surface area contributed by atoms with E-state index in [9.17, 15) is 4.39 Å². The van der Waals surface area contributed by atoms with Crippen molar-refractivity contribution in [1.29, 1.82) is 0 Å². The summed E-state index contributed by atoms with van der Waals surface area (Å²) >= 11 is 0. The van der Waals surface area contributed by atoms with E-state index >= 15 is 0 Å². The second-order valence-electron chi connectivity index (χ2n) is 6.73. The van der Waals surface area contributed by atoms with E-state index < -0.39 is 0 Å². The number of rotatable bonds is 4. The number of nitrogens with zero attached hydrogens (tertiary/aromatic N) is 3. The van der Waals surface area contributed by atoms with Gasteiger partial charge in [-0.15, -0.1) is 0 Å². The minimum absolute atomic E-state index is 0.215. The molecule has 1 aliphatic heterocycles. The summed E-state index contributed by atoms with van der Waals surface area (Å²) in [6.45, 7) is 2.75. The molecule has 0 radical (unpaired) electrons. The second kappa shape index (κ2) is 6.80. The monoisotopic (exact) mass is 339 g/mol. The molecule has 0 spiro atoms. The van der Waals surface area contributed by atoms with Crippen LogP contribution in [-0.2, 0) is 6.54 Å². The predicted molar refractivity (Wildman–Crippen MR) is 97.2 cm³/mol. The van der Waals surface area contributed by atoms with E-state index in [-0.39, 0.29) is 5.82 Å². The largest absolute Gasteiger partial charge is 0.357 e. The summed E-state index contributed by atoms with van der Waals surface area (Å²) in [7, 11) is 2.01. The number of benzene rings is 1. The molecule has 3 aromatic rings. The lowest BCUT2D eigenvalue weighted by Crippen LogP contribution is -2.29. The van der Waals surface area contributed by atoms with Crippen LogP contribution in [-0.4, -0.2) is 35.1 Å². The number of halogens is 1. The zero-order valence-corrected chi connectivity index (χ0v) is 14.3. The third-order valence-corrected chi connectivity index (χ3v) is 4.83. The van der Waals surface area contributed by atoms with Crippen LogP contribution in [0.25, 0.3) is 10.9 Å². The first kappa shape index (κ1) is 16.0. The van der Waals surface area contributed by atoms with Gasteiger partial charge < -0.3 is 15.2 Å². The normalized spacial score (nSPS) is 17.8. The molecule has 1 fully saturated rings. The third-order valence-electron chi connectivity index (χ3n) is 4.83. The van der Waals surface area contributed by atoms with Gasteiger partial charge in [-0.05, 0) is 43.7 Å². The van der Waals surface area contributed by atoms with E-state index in [4.69, 9.17) is 0 Å². The predicted octanol–water partition coefficient (Wildman–Crippen LogP) is 3.20. The maximum absolute atomic E-state index is 13.3. The quantitative estimate of drug-likeness (QED) is 0.766. The molecule has 0 amide bonds. The molecule has 25 heavy (non-hydrogen) atoms. The summed E-state index contributed by atoms with van der Waals surface area (Å²) < 4.78 is 13.3. The van der Waals surface area contributed by atoms with E-state index in [1.807, 2.05) is 13.1 Å². The molecular formula is C19H22FN5. The fourth-order valence-electron chi connectivity index (χ4n) is 3.48. The molecule has 0 saturated carbocycles. The number of aromatic amines is 1. The number of piperidine rings is 1. The van der Waals surface area contributed by atoms with Gasteiger partial charge in [0.1, 0.15) is 18.0 Å². The van der Waals surface area contributed by atoms with Gasteiger partial charge in [-0.3, -0.25) is 0 Å². The zero-order valence-electron chi connectivity index (χ0n) is 14.3. The van der Waals surface area contributed by atoms with E-state index in [0.717, 1.165) is 41.2 Å². The summed E-state index contributed by atoms with van der Waals surface area (Å²) in [5.41, 5.74) is 3.08. The van der Waals surface area contributed by atoms with Crippen LogP contribution in [0, 0.1) is 5.82 Å². The highest BCUT2D eigenvalue weighted by atomic mass is 19.1. The lowest BCUT2D eigenvalue weighted by Gasteiger charge is -2.23. The highest BCUT2D eigenvalue weighted by Gasteiger charge is 2.18. The Hall–Kier alpha value is -2.47. The summed E-state index contributed by atoms with van der Waals surface area (Å²) in [5.74, 6) is 1.15. The van der Waals surface area contributed by atoms with Gasteiger partial charge in [-0.1, -0.05) is 0 Å². The van der Waals surface area contributed by atoms with Crippen molar-refractivity contribution in [2.24, 2.45) is 0 Å². The number of hydrogen-bond donors (Lipinski definition) is 2. The Balaban J connectivity index is 1.52. The lowest BCUT2D eigenvalue weighted by atomic mass is 9.96. The maximum Gasteiger partial charge on any atom is 0.132 e. The molecule has 3 heterocycles. The Morgan fingerprint density at radius 1 is 1.24 bits per heavy atom. The van der Waals surface area contributed by atoms with Crippen molar-refractivity contribution in [1.82, 2.24) is 20.3 Å². The fourth-order valence-corrected chi connectivity index (χ4v) is 3.48. The van der Waals surface area contributed by atoms with Gasteiger partial charge in [0.15, 0.2) is 0 Å². The fraction of sp³-hybridized carbons (Fsp3) is 0.368. The van der Waals surface area contributed by atoms with Gasteiger partial charge >= 0.3 is 0 Å². The summed E-state index contributed by atoms with van der Waals surface area (Å²) in [6.07, 6.45) is 4.00. The lowest BCUT2D eigenvalue weighted by molar-refractivity contribution is 0.454. The van der Waals surface area contributed by atoms with Crippen molar-refractivity contribution < 1.29 is 4.39 Å². The topological polar surface area (TPSA) is 56.8 Å². The molecule has 130 valence electrons. The Labute approximate surface area is 146 Å². The first-order valence-electron chi connectivity index (χ1n) is 8.70. The van der Waals surface area contributed by atoms with E-state index in [1.54, 1.807) is 18.5 Å². The van der Waals surface area contributed by atoms with Crippen molar-refractivity contribution in [3.05, 3.63) is 53.9 Å². The molecule has 0 bridgehead atoms. The van der Waals surface area contributed by atoms with Gasteiger partial charge in [-0.2, -0.15) is 0 Å². The first-order chi connectivity index (χ1) is 12.2. The van der Waals surface area contributed by atoms with Crippen LogP contribution >= 0.6 is 0 Å². The van der Waals surface area contributed by atoms with Crippen LogP contribution in [0.3, 0.4) is 0 Å². The van der Waals surface area contributed by atoms with Crippen molar-refractivity contribution in [2.45, 2.75) is 25.3 Å². The minimum atomic E-state index is -0.215. The van der Waals surface area contributed by atoms with Crippen LogP contribution in [0.4, 0.5) is 10.2 Å². The van der Waals surface area contributed by atoms with Crippen LogP contribution < -0.4 is 10.2 Å². The second-order valence-corrected chi connectivity index (χ2v) is 6.73. The number of aromatic nitrogens is 3.